The first kappa shape index (κ1) is 20.3. The smallest absolute Gasteiger partial charge is 0.242 e. The van der Waals surface area contributed by atoms with Crippen LogP contribution in [-0.2, 0) is 16.1 Å². The third-order valence-electron chi connectivity index (χ3n) is 4.10. The Bertz CT molecular complexity index is 560. The highest BCUT2D eigenvalue weighted by atomic mass is 35.5. The molecule has 2 amide bonds. The highest BCUT2D eigenvalue weighted by Crippen LogP contribution is 2.26. The zero-order valence-corrected chi connectivity index (χ0v) is 14.1. The molecule has 0 aromatic heterocycles. The van der Waals surface area contributed by atoms with Gasteiger partial charge in [0.15, 0.2) is 0 Å². The number of amides is 2. The van der Waals surface area contributed by atoms with E-state index in [4.69, 9.17) is 5.73 Å². The van der Waals surface area contributed by atoms with Crippen LogP contribution in [0.25, 0.3) is 0 Å². The quantitative estimate of drug-likeness (QED) is 0.810. The minimum atomic E-state index is -0.674. The summed E-state index contributed by atoms with van der Waals surface area (Å²) in [6.45, 7) is -0.568. The summed E-state index contributed by atoms with van der Waals surface area (Å²) in [7, 11) is 0. The molecule has 1 saturated carbocycles. The van der Waals surface area contributed by atoms with Crippen molar-refractivity contribution in [1.82, 2.24) is 10.2 Å². The molecule has 3 N–H and O–H groups in total. The molecule has 24 heavy (non-hydrogen) atoms. The second-order valence-corrected chi connectivity index (χ2v) is 5.64. The van der Waals surface area contributed by atoms with Crippen LogP contribution in [0.15, 0.2) is 18.2 Å². The maximum atomic E-state index is 13.9. The van der Waals surface area contributed by atoms with Crippen LogP contribution in [0.3, 0.4) is 0 Å². The summed E-state index contributed by atoms with van der Waals surface area (Å²) < 4.78 is 27.7. The van der Waals surface area contributed by atoms with Gasteiger partial charge in [0.05, 0.1) is 19.6 Å². The summed E-state index contributed by atoms with van der Waals surface area (Å²) in [6, 6.07) is 3.58. The summed E-state index contributed by atoms with van der Waals surface area (Å²) in [5.41, 5.74) is 5.06. The van der Waals surface area contributed by atoms with Crippen LogP contribution in [0.1, 0.15) is 31.2 Å². The second kappa shape index (κ2) is 9.54. The molecule has 0 bridgehead atoms. The minimum absolute atomic E-state index is 0. The van der Waals surface area contributed by atoms with Crippen molar-refractivity contribution in [3.05, 3.63) is 35.4 Å². The Morgan fingerprint density at radius 2 is 1.79 bits per heavy atom. The van der Waals surface area contributed by atoms with Crippen LogP contribution < -0.4 is 11.1 Å². The lowest BCUT2D eigenvalue weighted by Crippen LogP contribution is -2.45. The SMILES string of the molecule is Cl.NCC(=O)NCC(=O)N(Cc1c(F)cccc1F)C1CCCC1. The van der Waals surface area contributed by atoms with E-state index in [0.29, 0.717) is 0 Å². The molecular formula is C16H22ClF2N3O2. The van der Waals surface area contributed by atoms with E-state index in [1.165, 1.54) is 23.1 Å². The summed E-state index contributed by atoms with van der Waals surface area (Å²) in [6.07, 6.45) is 3.55. The lowest BCUT2D eigenvalue weighted by Gasteiger charge is -2.29. The van der Waals surface area contributed by atoms with Crippen LogP contribution in [0.4, 0.5) is 8.78 Å². The van der Waals surface area contributed by atoms with Crippen molar-refractivity contribution in [2.24, 2.45) is 5.73 Å². The Hall–Kier alpha value is -1.73. The van der Waals surface area contributed by atoms with Crippen molar-refractivity contribution < 1.29 is 18.4 Å². The number of hydrogen-bond acceptors (Lipinski definition) is 3. The summed E-state index contributed by atoms with van der Waals surface area (Å²) in [5.74, 6) is -2.15. The monoisotopic (exact) mass is 361 g/mol. The van der Waals surface area contributed by atoms with Gasteiger partial charge in [-0.1, -0.05) is 18.9 Å². The Kier molecular flexibility index (Phi) is 8.07. The zero-order valence-electron chi connectivity index (χ0n) is 13.3. The molecule has 0 unspecified atom stereocenters. The minimum Gasteiger partial charge on any atom is -0.346 e. The van der Waals surface area contributed by atoms with E-state index in [1.807, 2.05) is 0 Å². The van der Waals surface area contributed by atoms with Crippen molar-refractivity contribution in [3.8, 4) is 0 Å². The topological polar surface area (TPSA) is 75.4 Å². The van der Waals surface area contributed by atoms with E-state index in [0.717, 1.165) is 25.7 Å². The lowest BCUT2D eigenvalue weighted by atomic mass is 10.1. The maximum Gasteiger partial charge on any atom is 0.242 e. The van der Waals surface area contributed by atoms with E-state index in [1.54, 1.807) is 0 Å². The van der Waals surface area contributed by atoms with Gasteiger partial charge < -0.3 is 16.0 Å². The average Bonchev–Trinajstić information content (AvgIpc) is 3.06. The fourth-order valence-electron chi connectivity index (χ4n) is 2.84. The van der Waals surface area contributed by atoms with Gasteiger partial charge in [-0.3, -0.25) is 9.59 Å². The van der Waals surface area contributed by atoms with Crippen LogP contribution in [0, 0.1) is 11.6 Å². The molecule has 1 aromatic rings. The number of benzene rings is 1. The first-order valence-corrected chi connectivity index (χ1v) is 7.72. The van der Waals surface area contributed by atoms with Gasteiger partial charge in [0.25, 0.3) is 0 Å². The van der Waals surface area contributed by atoms with E-state index in [-0.39, 0.29) is 49.6 Å². The highest BCUT2D eigenvalue weighted by molar-refractivity contribution is 5.86. The van der Waals surface area contributed by atoms with E-state index in [9.17, 15) is 18.4 Å². The number of hydrogen-bond donors (Lipinski definition) is 2. The maximum absolute atomic E-state index is 13.9. The molecule has 8 heteroatoms. The predicted molar refractivity (Wildman–Crippen MR) is 88.5 cm³/mol. The zero-order chi connectivity index (χ0) is 16.8. The number of nitrogens with one attached hydrogen (secondary N) is 1. The molecule has 0 spiro atoms. The van der Waals surface area contributed by atoms with Gasteiger partial charge in [-0.25, -0.2) is 8.78 Å². The first-order chi connectivity index (χ1) is 11.0. The molecule has 0 heterocycles. The van der Waals surface area contributed by atoms with Gasteiger partial charge in [-0.15, -0.1) is 12.4 Å². The van der Waals surface area contributed by atoms with Crippen LogP contribution in [-0.4, -0.2) is 35.8 Å². The van der Waals surface area contributed by atoms with Gasteiger partial charge in [0.1, 0.15) is 11.6 Å². The molecule has 1 aliphatic rings. The Morgan fingerprint density at radius 1 is 1.21 bits per heavy atom. The summed E-state index contributed by atoms with van der Waals surface area (Å²) in [5, 5.41) is 2.41. The van der Waals surface area contributed by atoms with Crippen molar-refractivity contribution in [2.75, 3.05) is 13.1 Å². The summed E-state index contributed by atoms with van der Waals surface area (Å²) in [4.78, 5) is 25.1. The van der Waals surface area contributed by atoms with Gasteiger partial charge in [0, 0.05) is 11.6 Å². The molecule has 0 atom stereocenters. The molecule has 134 valence electrons. The molecule has 1 aliphatic carbocycles. The second-order valence-electron chi connectivity index (χ2n) is 5.64. The number of nitrogens with zero attached hydrogens (tertiary/aromatic N) is 1. The van der Waals surface area contributed by atoms with Crippen molar-refractivity contribution in [2.45, 2.75) is 38.3 Å². The van der Waals surface area contributed by atoms with Crippen LogP contribution >= 0.6 is 12.4 Å². The van der Waals surface area contributed by atoms with E-state index >= 15 is 0 Å². The third kappa shape index (κ3) is 5.14. The first-order valence-electron chi connectivity index (χ1n) is 7.72. The van der Waals surface area contributed by atoms with Crippen molar-refractivity contribution >= 4 is 24.2 Å². The van der Waals surface area contributed by atoms with Crippen molar-refractivity contribution in [1.29, 1.82) is 0 Å². The van der Waals surface area contributed by atoms with Crippen molar-refractivity contribution in [3.63, 3.8) is 0 Å². The van der Waals surface area contributed by atoms with Gasteiger partial charge in [-0.05, 0) is 25.0 Å². The molecule has 0 radical (unpaired) electrons. The Labute approximate surface area is 146 Å². The van der Waals surface area contributed by atoms with E-state index in [2.05, 4.69) is 5.32 Å². The average molecular weight is 362 g/mol. The molecular weight excluding hydrogens is 340 g/mol. The number of rotatable bonds is 6. The van der Waals surface area contributed by atoms with Gasteiger partial charge in [-0.2, -0.15) is 0 Å². The fraction of sp³-hybridized carbons (Fsp3) is 0.500. The third-order valence-corrected chi connectivity index (χ3v) is 4.10. The molecule has 1 fully saturated rings. The summed E-state index contributed by atoms with van der Waals surface area (Å²) >= 11 is 0. The predicted octanol–water partition coefficient (Wildman–Crippen LogP) is 1.73. The van der Waals surface area contributed by atoms with Gasteiger partial charge in [0.2, 0.25) is 11.8 Å². The Morgan fingerprint density at radius 3 is 2.33 bits per heavy atom. The van der Waals surface area contributed by atoms with Crippen LogP contribution in [0.2, 0.25) is 0 Å². The standard InChI is InChI=1S/C16H21F2N3O2.ClH/c17-13-6-3-7-14(18)12(13)10-21(11-4-1-2-5-11)16(23)9-20-15(22)8-19;/h3,6-7,11H,1-2,4-5,8-10,19H2,(H,20,22);1H. The highest BCUT2D eigenvalue weighted by Gasteiger charge is 2.28. The van der Waals surface area contributed by atoms with Gasteiger partial charge >= 0.3 is 0 Å². The number of nitrogens with two attached hydrogens (primary N) is 1. The Balaban J connectivity index is 0.00000288. The molecule has 1 aromatic carbocycles. The largest absolute Gasteiger partial charge is 0.346 e. The fourth-order valence-corrected chi connectivity index (χ4v) is 2.84. The molecule has 5 nitrogen and oxygen atoms in total. The number of halogens is 3. The molecule has 0 aliphatic heterocycles. The molecule has 2 rings (SSSR count). The number of carbonyl (C=O) groups excluding carboxylic acids is 2. The lowest BCUT2D eigenvalue weighted by molar-refractivity contribution is -0.135. The molecule has 0 saturated heterocycles. The number of carbonyl (C=O) groups is 2. The van der Waals surface area contributed by atoms with Crippen LogP contribution in [0.5, 0.6) is 0 Å². The normalized spacial score (nSPS) is 14.1. The van der Waals surface area contributed by atoms with E-state index < -0.39 is 17.5 Å².